The molecule has 0 fully saturated rings. The van der Waals surface area contributed by atoms with Crippen LogP contribution < -0.4 is 18.9 Å². The van der Waals surface area contributed by atoms with E-state index in [-0.39, 0.29) is 50.9 Å². The summed E-state index contributed by atoms with van der Waals surface area (Å²) in [5, 5.41) is 17.7. The van der Waals surface area contributed by atoms with Gasteiger partial charge in [-0.1, -0.05) is 37.9 Å². The molecule has 2 N–H and O–H groups in total. The van der Waals surface area contributed by atoms with Gasteiger partial charge in [0.15, 0.2) is 17.4 Å². The van der Waals surface area contributed by atoms with E-state index in [1.807, 2.05) is 6.07 Å². The van der Waals surface area contributed by atoms with Crippen LogP contribution in [-0.4, -0.2) is 39.5 Å². The maximum absolute atomic E-state index is 11.0. The Bertz CT molecular complexity index is 776. The summed E-state index contributed by atoms with van der Waals surface area (Å²) in [7, 11) is 0. The first kappa shape index (κ1) is 24.6. The molecule has 3 rings (SSSR count). The number of halogens is 2. The Morgan fingerprint density at radius 3 is 1.96 bits per heavy atom. The number of ether oxygens (including phenoxy) is 1. The second-order valence-corrected chi connectivity index (χ2v) is 6.43. The molecular weight excluding hydrogens is 466 g/mol. The number of aliphatic hydroxyl groups is 2. The van der Waals surface area contributed by atoms with Gasteiger partial charge in [0, 0.05) is 8.95 Å². The summed E-state index contributed by atoms with van der Waals surface area (Å²) >= 11 is 6.47. The van der Waals surface area contributed by atoms with Crippen molar-refractivity contribution in [3.8, 4) is 0 Å². The molecule has 0 unspecified atom stereocenters. The van der Waals surface area contributed by atoms with Gasteiger partial charge in [0.1, 0.15) is 0 Å². The summed E-state index contributed by atoms with van der Waals surface area (Å²) < 4.78 is 6.06. The minimum atomic E-state index is -0.573. The summed E-state index contributed by atoms with van der Waals surface area (Å²) in [6, 6.07) is 10.2. The Balaban J connectivity index is 0. The van der Waals surface area contributed by atoms with Gasteiger partial charge in [0.25, 0.3) is 0 Å². The third-order valence-electron chi connectivity index (χ3n) is 3.12. The molecule has 9 heteroatoms. The smallest absolute Gasteiger partial charge is 1.00 e. The fraction of sp³-hybridized carbons (Fsp3) is 0.125. The van der Waals surface area contributed by atoms with Crippen molar-refractivity contribution >= 4 is 61.2 Å². The van der Waals surface area contributed by atoms with Gasteiger partial charge < -0.3 is 16.4 Å². The fourth-order valence-corrected chi connectivity index (χ4v) is 2.72. The standard InChI is InChI=1S/C8H3BrO3.C8H9BrO2.Al.Li.4H/c9-4-1-2-5-6(3-4)8(11)12-7(5)10;9-8-2-1-6(4-10)7(3-8)5-11;;;;;;/h1-3H;1-3,10-11H,4-5H2;;;;;;/q;;;+1;;;;-1. The maximum Gasteiger partial charge on any atom is 1.00 e. The summed E-state index contributed by atoms with van der Waals surface area (Å²) in [6.45, 7) is -0.0570. The number of cyclic esters (lactones) is 2. The fourth-order valence-electron chi connectivity index (χ4n) is 1.95. The summed E-state index contributed by atoms with van der Waals surface area (Å²) in [4.78, 5) is 21.9. The predicted octanol–water partition coefficient (Wildman–Crippen LogP) is -0.874. The van der Waals surface area contributed by atoms with Crippen LogP contribution in [0.1, 0.15) is 33.3 Å². The van der Waals surface area contributed by atoms with Crippen LogP contribution in [0.2, 0.25) is 0 Å². The van der Waals surface area contributed by atoms with Crippen LogP contribution in [0.4, 0.5) is 0 Å². The number of carbonyl (C=O) groups excluding carboxylic acids is 2. The van der Waals surface area contributed by atoms with Crippen molar-refractivity contribution in [2.75, 3.05) is 0 Å². The van der Waals surface area contributed by atoms with Crippen molar-refractivity contribution in [3.63, 3.8) is 0 Å². The van der Waals surface area contributed by atoms with E-state index >= 15 is 0 Å². The molecule has 0 radical (unpaired) electrons. The number of aliphatic hydroxyl groups excluding tert-OH is 2. The quantitative estimate of drug-likeness (QED) is 0.331. The number of benzene rings is 2. The molecule has 25 heavy (non-hydrogen) atoms. The first-order valence-corrected chi connectivity index (χ1v) is 8.10. The molecule has 0 bridgehead atoms. The molecule has 1 aliphatic rings. The molecule has 0 aromatic heterocycles. The second-order valence-electron chi connectivity index (χ2n) is 4.60. The van der Waals surface area contributed by atoms with E-state index in [1.165, 1.54) is 0 Å². The van der Waals surface area contributed by atoms with Crippen LogP contribution in [0, 0.1) is 0 Å². The summed E-state index contributed by atoms with van der Waals surface area (Å²) in [5.74, 6) is -1.14. The second kappa shape index (κ2) is 11.3. The SMILES string of the molecule is O=C1OC(=O)c2cc(Br)ccc21.OCc1ccc(Br)cc1CO.[AlH3].[H-].[Li+]. The van der Waals surface area contributed by atoms with Crippen LogP contribution in [0.3, 0.4) is 0 Å². The van der Waals surface area contributed by atoms with Gasteiger partial charge in [0.2, 0.25) is 0 Å². The zero-order chi connectivity index (χ0) is 17.0. The summed E-state index contributed by atoms with van der Waals surface area (Å²) in [5.41, 5.74) is 2.20. The van der Waals surface area contributed by atoms with Crippen LogP contribution in [-0.2, 0) is 18.0 Å². The van der Waals surface area contributed by atoms with E-state index in [4.69, 9.17) is 10.2 Å². The Labute approximate surface area is 185 Å². The average Bonchev–Trinajstić information content (AvgIpc) is 2.82. The Morgan fingerprint density at radius 2 is 1.36 bits per heavy atom. The third-order valence-corrected chi connectivity index (χ3v) is 4.10. The minimum absolute atomic E-state index is 0. The molecular formula is C16H16AlBr2LiO5. The van der Waals surface area contributed by atoms with E-state index in [9.17, 15) is 9.59 Å². The molecule has 0 saturated heterocycles. The Hall–Kier alpha value is -0.410. The third kappa shape index (κ3) is 6.36. The van der Waals surface area contributed by atoms with Gasteiger partial charge in [0.05, 0.1) is 24.3 Å². The molecule has 0 aliphatic carbocycles. The van der Waals surface area contributed by atoms with Gasteiger partial charge in [-0.2, -0.15) is 0 Å². The van der Waals surface area contributed by atoms with Crippen LogP contribution >= 0.6 is 31.9 Å². The van der Waals surface area contributed by atoms with Crippen molar-refractivity contribution in [1.82, 2.24) is 0 Å². The van der Waals surface area contributed by atoms with Crippen LogP contribution in [0.5, 0.6) is 0 Å². The van der Waals surface area contributed by atoms with E-state index in [0.29, 0.717) is 11.1 Å². The molecule has 5 nitrogen and oxygen atoms in total. The molecule has 0 saturated carbocycles. The molecule has 128 valence electrons. The van der Waals surface area contributed by atoms with Crippen LogP contribution in [0.25, 0.3) is 0 Å². The molecule has 1 heterocycles. The summed E-state index contributed by atoms with van der Waals surface area (Å²) in [6.07, 6.45) is 0. The van der Waals surface area contributed by atoms with Crippen molar-refractivity contribution in [2.24, 2.45) is 0 Å². The van der Waals surface area contributed by atoms with E-state index in [2.05, 4.69) is 36.6 Å². The molecule has 2 aromatic carbocycles. The number of hydrogen-bond acceptors (Lipinski definition) is 5. The molecule has 1 aliphatic heterocycles. The number of esters is 2. The molecule has 2 aromatic rings. The number of carbonyl (C=O) groups is 2. The van der Waals surface area contributed by atoms with Gasteiger partial charge >= 0.3 is 30.8 Å². The topological polar surface area (TPSA) is 83.8 Å². The van der Waals surface area contributed by atoms with Crippen LogP contribution in [0.15, 0.2) is 45.3 Å². The zero-order valence-corrected chi connectivity index (χ0v) is 15.9. The van der Waals surface area contributed by atoms with E-state index in [0.717, 1.165) is 20.1 Å². The average molecular weight is 482 g/mol. The van der Waals surface area contributed by atoms with Crippen molar-refractivity contribution in [2.45, 2.75) is 13.2 Å². The first-order valence-electron chi connectivity index (χ1n) is 6.51. The normalized spacial score (nSPS) is 11.4. The molecule has 0 atom stereocenters. The minimum Gasteiger partial charge on any atom is -1.00 e. The molecule has 0 spiro atoms. The van der Waals surface area contributed by atoms with Gasteiger partial charge in [-0.25, -0.2) is 9.59 Å². The first-order chi connectivity index (χ1) is 11.0. The van der Waals surface area contributed by atoms with E-state index in [1.54, 1.807) is 30.3 Å². The van der Waals surface area contributed by atoms with Crippen molar-refractivity contribution < 1.29 is 44.8 Å². The van der Waals surface area contributed by atoms with Gasteiger partial charge in [-0.3, -0.25) is 0 Å². The van der Waals surface area contributed by atoms with Gasteiger partial charge in [-0.05, 0) is 41.5 Å². The van der Waals surface area contributed by atoms with Gasteiger partial charge in [-0.15, -0.1) is 0 Å². The number of fused-ring (bicyclic) bond motifs is 1. The predicted molar refractivity (Wildman–Crippen MR) is 101 cm³/mol. The Kier molecular flexibility index (Phi) is 11.1. The largest absolute Gasteiger partial charge is 1.00 e. The Morgan fingerprint density at radius 1 is 0.840 bits per heavy atom. The maximum atomic E-state index is 11.0. The number of hydrogen-bond donors (Lipinski definition) is 2. The zero-order valence-electron chi connectivity index (χ0n) is 13.8. The van der Waals surface area contributed by atoms with Crippen molar-refractivity contribution in [1.29, 1.82) is 0 Å². The molecule has 0 amide bonds. The van der Waals surface area contributed by atoms with E-state index < -0.39 is 11.9 Å². The number of rotatable bonds is 2. The monoisotopic (exact) mass is 480 g/mol. The van der Waals surface area contributed by atoms with Crippen molar-refractivity contribution in [3.05, 3.63) is 67.6 Å².